The van der Waals surface area contributed by atoms with Crippen LogP contribution in [0, 0.1) is 0 Å². The third-order valence-electron chi connectivity index (χ3n) is 2.76. The first-order valence-corrected chi connectivity index (χ1v) is 6.26. The lowest BCUT2D eigenvalue weighted by Crippen LogP contribution is -2.40. The topological polar surface area (TPSA) is 99.2 Å². The van der Waals surface area contributed by atoms with Gasteiger partial charge in [-0.2, -0.15) is 0 Å². The van der Waals surface area contributed by atoms with E-state index >= 15 is 0 Å². The van der Waals surface area contributed by atoms with E-state index in [1.165, 1.54) is 4.90 Å². The minimum absolute atomic E-state index is 0.0297. The fraction of sp³-hybridized carbons (Fsp3) is 0.429. The standard InChI is InChI=1S/C14H21N3O3/c1-14(2,19)9-17(3)12(18)8-10-4-6-11(7-5-10)13(15)16-20/h4-7,19-20H,8-9H2,1-3H3,(H2,15,16). The molecular formula is C14H21N3O3. The molecule has 0 aliphatic rings. The number of hydrogen-bond donors (Lipinski definition) is 3. The lowest BCUT2D eigenvalue weighted by Gasteiger charge is -2.25. The summed E-state index contributed by atoms with van der Waals surface area (Å²) < 4.78 is 0. The molecule has 1 amide bonds. The van der Waals surface area contributed by atoms with Crippen molar-refractivity contribution in [3.05, 3.63) is 35.4 Å². The molecule has 1 aromatic rings. The van der Waals surface area contributed by atoms with E-state index in [4.69, 9.17) is 10.9 Å². The zero-order valence-electron chi connectivity index (χ0n) is 12.0. The average Bonchev–Trinajstić information content (AvgIpc) is 2.36. The van der Waals surface area contributed by atoms with Crippen LogP contribution in [0.5, 0.6) is 0 Å². The quantitative estimate of drug-likeness (QED) is 0.317. The number of rotatable bonds is 5. The molecule has 0 radical (unpaired) electrons. The van der Waals surface area contributed by atoms with E-state index in [1.54, 1.807) is 45.2 Å². The monoisotopic (exact) mass is 279 g/mol. The Morgan fingerprint density at radius 1 is 1.35 bits per heavy atom. The Morgan fingerprint density at radius 3 is 2.35 bits per heavy atom. The van der Waals surface area contributed by atoms with Crippen LogP contribution in [0.15, 0.2) is 29.4 Å². The van der Waals surface area contributed by atoms with Crippen LogP contribution < -0.4 is 5.73 Å². The zero-order valence-corrected chi connectivity index (χ0v) is 12.0. The van der Waals surface area contributed by atoms with Crippen LogP contribution >= 0.6 is 0 Å². The van der Waals surface area contributed by atoms with Crippen molar-refractivity contribution in [1.29, 1.82) is 0 Å². The van der Waals surface area contributed by atoms with E-state index in [-0.39, 0.29) is 24.7 Å². The van der Waals surface area contributed by atoms with Gasteiger partial charge in [-0.05, 0) is 19.4 Å². The lowest BCUT2D eigenvalue weighted by atomic mass is 10.1. The molecule has 0 spiro atoms. The van der Waals surface area contributed by atoms with Crippen LogP contribution in [0.25, 0.3) is 0 Å². The van der Waals surface area contributed by atoms with Gasteiger partial charge in [-0.1, -0.05) is 29.4 Å². The number of likely N-dealkylation sites (N-methyl/N-ethyl adjacent to an activating group) is 1. The van der Waals surface area contributed by atoms with E-state index in [1.807, 2.05) is 0 Å². The molecular weight excluding hydrogens is 258 g/mol. The average molecular weight is 279 g/mol. The van der Waals surface area contributed by atoms with E-state index in [0.717, 1.165) is 5.56 Å². The highest BCUT2D eigenvalue weighted by atomic mass is 16.4. The van der Waals surface area contributed by atoms with Crippen molar-refractivity contribution in [2.45, 2.75) is 25.9 Å². The number of benzene rings is 1. The summed E-state index contributed by atoms with van der Waals surface area (Å²) in [5, 5.41) is 21.2. The molecule has 110 valence electrons. The molecule has 0 unspecified atom stereocenters. The second kappa shape index (κ2) is 6.38. The largest absolute Gasteiger partial charge is 0.409 e. The van der Waals surface area contributed by atoms with Crippen molar-refractivity contribution < 1.29 is 15.1 Å². The first-order valence-electron chi connectivity index (χ1n) is 6.26. The van der Waals surface area contributed by atoms with Crippen molar-refractivity contribution in [3.8, 4) is 0 Å². The smallest absolute Gasteiger partial charge is 0.226 e. The molecule has 0 fully saturated rings. The van der Waals surface area contributed by atoms with Gasteiger partial charge < -0.3 is 20.9 Å². The molecule has 20 heavy (non-hydrogen) atoms. The minimum atomic E-state index is -0.916. The van der Waals surface area contributed by atoms with Crippen LogP contribution in [0.3, 0.4) is 0 Å². The van der Waals surface area contributed by atoms with Crippen LogP contribution in [-0.2, 0) is 11.2 Å². The molecule has 1 aromatic carbocycles. The van der Waals surface area contributed by atoms with Crippen molar-refractivity contribution in [2.24, 2.45) is 10.9 Å². The summed E-state index contributed by atoms with van der Waals surface area (Å²) in [6, 6.07) is 6.88. The number of carbonyl (C=O) groups excluding carboxylic acids is 1. The highest BCUT2D eigenvalue weighted by Crippen LogP contribution is 2.08. The number of nitrogens with zero attached hydrogens (tertiary/aromatic N) is 2. The highest BCUT2D eigenvalue weighted by Gasteiger charge is 2.19. The number of amides is 1. The maximum absolute atomic E-state index is 12.0. The van der Waals surface area contributed by atoms with Gasteiger partial charge in [0.05, 0.1) is 12.0 Å². The van der Waals surface area contributed by atoms with Crippen LogP contribution in [0.1, 0.15) is 25.0 Å². The van der Waals surface area contributed by atoms with Crippen LogP contribution in [0.4, 0.5) is 0 Å². The van der Waals surface area contributed by atoms with Crippen LogP contribution in [0.2, 0.25) is 0 Å². The number of nitrogens with two attached hydrogens (primary N) is 1. The fourth-order valence-corrected chi connectivity index (χ4v) is 1.83. The molecule has 0 heterocycles. The number of hydrogen-bond acceptors (Lipinski definition) is 4. The Morgan fingerprint density at radius 2 is 1.90 bits per heavy atom. The van der Waals surface area contributed by atoms with E-state index < -0.39 is 5.60 Å². The zero-order chi connectivity index (χ0) is 15.3. The van der Waals surface area contributed by atoms with Gasteiger partial charge in [0.25, 0.3) is 0 Å². The summed E-state index contributed by atoms with van der Waals surface area (Å²) in [6.45, 7) is 3.58. The molecule has 0 saturated carbocycles. The van der Waals surface area contributed by atoms with Gasteiger partial charge in [0.2, 0.25) is 5.91 Å². The molecule has 6 heteroatoms. The third-order valence-corrected chi connectivity index (χ3v) is 2.76. The first kappa shape index (κ1) is 16.0. The van der Waals surface area contributed by atoms with Gasteiger partial charge in [-0.25, -0.2) is 0 Å². The Labute approximate surface area is 118 Å². The Hall–Kier alpha value is -2.08. The van der Waals surface area contributed by atoms with Gasteiger partial charge in [0.15, 0.2) is 5.84 Å². The van der Waals surface area contributed by atoms with Gasteiger partial charge in [-0.3, -0.25) is 4.79 Å². The summed E-state index contributed by atoms with van der Waals surface area (Å²) >= 11 is 0. The summed E-state index contributed by atoms with van der Waals surface area (Å²) in [5.41, 5.74) is 5.96. The molecule has 6 nitrogen and oxygen atoms in total. The number of carbonyl (C=O) groups is 1. The second-order valence-electron chi connectivity index (χ2n) is 5.42. The SMILES string of the molecule is CN(CC(C)(C)O)C(=O)Cc1ccc(C(N)=NO)cc1. The normalized spacial score (nSPS) is 12.3. The second-order valence-corrected chi connectivity index (χ2v) is 5.42. The van der Waals surface area contributed by atoms with Crippen molar-refractivity contribution in [3.63, 3.8) is 0 Å². The predicted molar refractivity (Wildman–Crippen MR) is 76.6 cm³/mol. The van der Waals surface area contributed by atoms with Gasteiger partial charge in [-0.15, -0.1) is 0 Å². The maximum Gasteiger partial charge on any atom is 0.226 e. The number of oxime groups is 1. The van der Waals surface area contributed by atoms with E-state index in [0.29, 0.717) is 5.56 Å². The summed E-state index contributed by atoms with van der Waals surface area (Å²) in [5.74, 6) is -0.0503. The van der Waals surface area contributed by atoms with Crippen molar-refractivity contribution in [2.75, 3.05) is 13.6 Å². The van der Waals surface area contributed by atoms with Crippen LogP contribution in [-0.4, -0.2) is 46.1 Å². The van der Waals surface area contributed by atoms with Gasteiger partial charge in [0.1, 0.15) is 0 Å². The molecule has 0 atom stereocenters. The summed E-state index contributed by atoms with van der Waals surface area (Å²) in [7, 11) is 1.66. The van der Waals surface area contributed by atoms with Gasteiger partial charge in [0, 0.05) is 19.2 Å². The van der Waals surface area contributed by atoms with Gasteiger partial charge >= 0.3 is 0 Å². The molecule has 0 aliphatic carbocycles. The Bertz CT molecular complexity index is 489. The highest BCUT2D eigenvalue weighted by molar-refractivity contribution is 5.97. The number of aliphatic hydroxyl groups is 1. The van der Waals surface area contributed by atoms with Crippen molar-refractivity contribution in [1.82, 2.24) is 4.90 Å². The molecule has 4 N–H and O–H groups in total. The first-order chi connectivity index (χ1) is 9.23. The van der Waals surface area contributed by atoms with E-state index in [2.05, 4.69) is 5.16 Å². The third kappa shape index (κ3) is 4.89. The summed E-state index contributed by atoms with van der Waals surface area (Å²) in [4.78, 5) is 13.5. The number of amidine groups is 1. The molecule has 0 saturated heterocycles. The predicted octanol–water partition coefficient (Wildman–Crippen LogP) is 0.553. The Kier molecular flexibility index (Phi) is 5.10. The molecule has 0 aromatic heterocycles. The minimum Gasteiger partial charge on any atom is -0.409 e. The lowest BCUT2D eigenvalue weighted by molar-refractivity contribution is -0.131. The summed E-state index contributed by atoms with van der Waals surface area (Å²) in [6.07, 6.45) is 0.239. The maximum atomic E-state index is 12.0. The molecule has 1 rings (SSSR count). The molecule has 0 bridgehead atoms. The van der Waals surface area contributed by atoms with E-state index in [9.17, 15) is 9.90 Å². The molecule has 0 aliphatic heterocycles. The Balaban J connectivity index is 2.67. The fourth-order valence-electron chi connectivity index (χ4n) is 1.83. The van der Waals surface area contributed by atoms with Crippen molar-refractivity contribution >= 4 is 11.7 Å².